The normalized spacial score (nSPS) is 22.8. The van der Waals surface area contributed by atoms with Gasteiger partial charge in [0, 0.05) is 31.5 Å². The molecule has 3 rings (SSSR count). The van der Waals surface area contributed by atoms with E-state index in [0.717, 1.165) is 31.2 Å². The van der Waals surface area contributed by atoms with Crippen molar-refractivity contribution in [1.82, 2.24) is 4.90 Å². The number of amides is 1. The van der Waals surface area contributed by atoms with Crippen molar-refractivity contribution in [1.29, 1.82) is 0 Å². The quantitative estimate of drug-likeness (QED) is 0.485. The van der Waals surface area contributed by atoms with Gasteiger partial charge >= 0.3 is 6.09 Å². The number of ketones is 1. The average molecular weight is 420 g/mol. The van der Waals surface area contributed by atoms with Gasteiger partial charge in [0.15, 0.2) is 0 Å². The first kappa shape index (κ1) is 22.7. The Morgan fingerprint density at radius 1 is 0.933 bits per heavy atom. The number of rotatable bonds is 12. The lowest BCUT2D eigenvalue weighted by atomic mass is 9.86. The number of carbonyl (C=O) groups is 2. The molecule has 2 saturated heterocycles. The number of carbonyl (C=O) groups excluding carboxylic acids is 2. The molecule has 0 aliphatic carbocycles. The van der Waals surface area contributed by atoms with Crippen LogP contribution in [0.2, 0.25) is 0 Å². The second-order valence-corrected chi connectivity index (χ2v) is 7.93. The summed E-state index contributed by atoms with van der Waals surface area (Å²) >= 11 is 0. The number of piperidine rings is 1. The average Bonchev–Trinajstić information content (AvgIpc) is 3.03. The largest absolute Gasteiger partial charge is 0.445 e. The smallest absolute Gasteiger partial charge is 0.410 e. The Bertz CT molecular complexity index is 653. The summed E-state index contributed by atoms with van der Waals surface area (Å²) in [6.07, 6.45) is 3.52. The third-order valence-corrected chi connectivity index (χ3v) is 5.90. The van der Waals surface area contributed by atoms with E-state index in [2.05, 4.69) is 0 Å². The van der Waals surface area contributed by atoms with Crippen LogP contribution >= 0.6 is 0 Å². The molecule has 0 aromatic heterocycles. The lowest BCUT2D eigenvalue weighted by Crippen LogP contribution is -2.48. The van der Waals surface area contributed by atoms with E-state index >= 15 is 0 Å². The van der Waals surface area contributed by atoms with Crippen LogP contribution in [-0.2, 0) is 30.3 Å². The van der Waals surface area contributed by atoms with E-state index in [1.54, 1.807) is 7.11 Å². The summed E-state index contributed by atoms with van der Waals surface area (Å²) in [5.74, 6) is 0.256. The van der Waals surface area contributed by atoms with Crippen molar-refractivity contribution in [2.45, 2.75) is 50.8 Å². The van der Waals surface area contributed by atoms with Gasteiger partial charge in [0.05, 0.1) is 33.0 Å². The molecule has 2 fully saturated rings. The summed E-state index contributed by atoms with van der Waals surface area (Å²) in [5.41, 5.74) is 0.979. The van der Waals surface area contributed by atoms with Gasteiger partial charge in [0.1, 0.15) is 12.4 Å². The first-order valence-corrected chi connectivity index (χ1v) is 10.8. The van der Waals surface area contributed by atoms with E-state index in [0.29, 0.717) is 39.5 Å². The van der Waals surface area contributed by atoms with Gasteiger partial charge in [-0.05, 0) is 31.2 Å². The molecule has 1 amide bonds. The fourth-order valence-electron chi connectivity index (χ4n) is 4.37. The Kier molecular flexibility index (Phi) is 9.11. The van der Waals surface area contributed by atoms with Gasteiger partial charge in [-0.1, -0.05) is 30.3 Å². The SMILES string of the molecule is COCCOCCOCCC(=O)C1CC2CCC(C1)N2C(=O)OCc1ccccc1. The van der Waals surface area contributed by atoms with Gasteiger partial charge in [0.2, 0.25) is 0 Å². The van der Waals surface area contributed by atoms with Crippen LogP contribution < -0.4 is 0 Å². The molecule has 2 atom stereocenters. The molecule has 2 heterocycles. The van der Waals surface area contributed by atoms with E-state index in [-0.39, 0.29) is 36.5 Å². The molecule has 7 heteroatoms. The zero-order valence-electron chi connectivity index (χ0n) is 17.8. The van der Waals surface area contributed by atoms with Gasteiger partial charge in [-0.15, -0.1) is 0 Å². The second-order valence-electron chi connectivity index (χ2n) is 7.93. The van der Waals surface area contributed by atoms with Crippen molar-refractivity contribution in [2.24, 2.45) is 5.92 Å². The number of Topliss-reactive ketones (excluding diaryl/α,β-unsaturated/α-hetero) is 1. The number of fused-ring (bicyclic) bond motifs is 2. The Hall–Kier alpha value is -1.96. The second kappa shape index (κ2) is 12.0. The molecule has 0 spiro atoms. The van der Waals surface area contributed by atoms with Gasteiger partial charge in [0.25, 0.3) is 0 Å². The number of nitrogens with zero attached hydrogens (tertiary/aromatic N) is 1. The Morgan fingerprint density at radius 2 is 1.57 bits per heavy atom. The minimum atomic E-state index is -0.256. The van der Waals surface area contributed by atoms with Crippen LogP contribution in [0.3, 0.4) is 0 Å². The van der Waals surface area contributed by atoms with Crippen molar-refractivity contribution in [2.75, 3.05) is 40.1 Å². The highest BCUT2D eigenvalue weighted by molar-refractivity contribution is 5.82. The van der Waals surface area contributed by atoms with E-state index in [9.17, 15) is 9.59 Å². The van der Waals surface area contributed by atoms with Crippen LogP contribution in [0, 0.1) is 5.92 Å². The first-order valence-electron chi connectivity index (χ1n) is 10.8. The molecular weight excluding hydrogens is 386 g/mol. The highest BCUT2D eigenvalue weighted by atomic mass is 16.6. The van der Waals surface area contributed by atoms with Crippen molar-refractivity contribution in [3.63, 3.8) is 0 Å². The summed E-state index contributed by atoms with van der Waals surface area (Å²) in [6, 6.07) is 9.91. The third-order valence-electron chi connectivity index (χ3n) is 5.90. The fraction of sp³-hybridized carbons (Fsp3) is 0.652. The van der Waals surface area contributed by atoms with Crippen LogP contribution in [0.5, 0.6) is 0 Å². The highest BCUT2D eigenvalue weighted by Gasteiger charge is 2.45. The molecule has 166 valence electrons. The van der Waals surface area contributed by atoms with Crippen LogP contribution in [0.1, 0.15) is 37.7 Å². The van der Waals surface area contributed by atoms with Crippen molar-refractivity contribution >= 4 is 11.9 Å². The molecule has 0 N–H and O–H groups in total. The van der Waals surface area contributed by atoms with Gasteiger partial charge in [-0.3, -0.25) is 4.79 Å². The molecule has 2 unspecified atom stereocenters. The van der Waals surface area contributed by atoms with Gasteiger partial charge < -0.3 is 23.8 Å². The molecular formula is C23H33NO6. The van der Waals surface area contributed by atoms with Crippen LogP contribution in [0.4, 0.5) is 4.79 Å². The first-order chi connectivity index (χ1) is 14.7. The summed E-state index contributed by atoms with van der Waals surface area (Å²) in [5, 5.41) is 0. The number of hydrogen-bond acceptors (Lipinski definition) is 6. The minimum Gasteiger partial charge on any atom is -0.445 e. The van der Waals surface area contributed by atoms with Crippen molar-refractivity contribution in [3.8, 4) is 0 Å². The Morgan fingerprint density at radius 3 is 2.23 bits per heavy atom. The summed E-state index contributed by atoms with van der Waals surface area (Å²) in [7, 11) is 1.63. The van der Waals surface area contributed by atoms with E-state index in [1.807, 2.05) is 35.2 Å². The molecule has 2 aliphatic heterocycles. The zero-order chi connectivity index (χ0) is 21.2. The molecule has 30 heavy (non-hydrogen) atoms. The lowest BCUT2D eigenvalue weighted by molar-refractivity contribution is -0.126. The van der Waals surface area contributed by atoms with Crippen LogP contribution in [0.25, 0.3) is 0 Å². The number of hydrogen-bond donors (Lipinski definition) is 0. The maximum Gasteiger partial charge on any atom is 0.410 e. The zero-order valence-corrected chi connectivity index (χ0v) is 17.8. The number of methoxy groups -OCH3 is 1. The molecule has 1 aromatic rings. The molecule has 1 aromatic carbocycles. The summed E-state index contributed by atoms with van der Waals surface area (Å²) in [4.78, 5) is 27.1. The molecule has 7 nitrogen and oxygen atoms in total. The number of benzene rings is 1. The summed E-state index contributed by atoms with van der Waals surface area (Å²) < 4.78 is 21.3. The molecule has 0 saturated carbocycles. The molecule has 2 bridgehead atoms. The number of ether oxygens (including phenoxy) is 4. The topological polar surface area (TPSA) is 74.3 Å². The van der Waals surface area contributed by atoms with Crippen LogP contribution in [-0.4, -0.2) is 69.0 Å². The fourth-order valence-corrected chi connectivity index (χ4v) is 4.37. The highest BCUT2D eigenvalue weighted by Crippen LogP contribution is 2.39. The van der Waals surface area contributed by atoms with E-state index in [4.69, 9.17) is 18.9 Å². The van der Waals surface area contributed by atoms with Crippen LogP contribution in [0.15, 0.2) is 30.3 Å². The standard InChI is InChI=1S/C23H33NO6/c1-27-11-12-29-14-13-28-10-9-22(25)19-15-20-7-8-21(16-19)24(20)23(26)30-17-18-5-3-2-4-6-18/h2-6,19-21H,7-17H2,1H3. The molecule has 0 radical (unpaired) electrons. The molecule has 2 aliphatic rings. The maximum atomic E-state index is 12.6. The van der Waals surface area contributed by atoms with Crippen molar-refractivity contribution < 1.29 is 28.5 Å². The predicted molar refractivity (Wildman–Crippen MR) is 111 cm³/mol. The minimum absolute atomic E-state index is 0.0160. The predicted octanol–water partition coefficient (Wildman–Crippen LogP) is 3.21. The maximum absolute atomic E-state index is 12.6. The third kappa shape index (κ3) is 6.52. The van der Waals surface area contributed by atoms with E-state index < -0.39 is 0 Å². The van der Waals surface area contributed by atoms with Crippen molar-refractivity contribution in [3.05, 3.63) is 35.9 Å². The Balaban J connectivity index is 1.35. The van der Waals surface area contributed by atoms with Gasteiger partial charge in [-0.2, -0.15) is 0 Å². The van der Waals surface area contributed by atoms with Gasteiger partial charge in [-0.25, -0.2) is 4.79 Å². The summed E-state index contributed by atoms with van der Waals surface area (Å²) in [6.45, 7) is 2.80. The monoisotopic (exact) mass is 419 g/mol. The van der Waals surface area contributed by atoms with E-state index in [1.165, 1.54) is 0 Å². The lowest BCUT2D eigenvalue weighted by Gasteiger charge is -2.37. The Labute approximate surface area is 178 Å².